The Labute approximate surface area is 116 Å². The molecule has 1 aromatic heterocycles. The quantitative estimate of drug-likeness (QED) is 0.821. The van der Waals surface area contributed by atoms with E-state index in [1.165, 1.54) is 0 Å². The van der Waals surface area contributed by atoms with Crippen molar-refractivity contribution >= 4 is 0 Å². The first-order chi connectivity index (χ1) is 8.83. The Kier molecular flexibility index (Phi) is 5.38. The standard InChI is InChI=1S/C14H27N3O2/c1-7-14(2,3)13(18)12-11(19-6)10-15-17(12)9-8-16(4)5/h10,13,18H,7-9H2,1-6H3. The highest BCUT2D eigenvalue weighted by atomic mass is 16.5. The molecule has 19 heavy (non-hydrogen) atoms. The van der Waals surface area contributed by atoms with Gasteiger partial charge in [0.05, 0.1) is 19.9 Å². The Balaban J connectivity index is 3.05. The van der Waals surface area contributed by atoms with Crippen LogP contribution in [0.15, 0.2) is 6.20 Å². The lowest BCUT2D eigenvalue weighted by molar-refractivity contribution is 0.0367. The molecule has 1 N–H and O–H groups in total. The molecule has 0 bridgehead atoms. The zero-order valence-electron chi connectivity index (χ0n) is 13.0. The maximum Gasteiger partial charge on any atom is 0.162 e. The van der Waals surface area contributed by atoms with E-state index in [9.17, 15) is 5.11 Å². The molecule has 0 spiro atoms. The summed E-state index contributed by atoms with van der Waals surface area (Å²) in [5, 5.41) is 15.0. The van der Waals surface area contributed by atoms with Gasteiger partial charge in [-0.15, -0.1) is 0 Å². The topological polar surface area (TPSA) is 50.5 Å². The zero-order valence-corrected chi connectivity index (χ0v) is 13.0. The highest BCUT2D eigenvalue weighted by molar-refractivity contribution is 5.28. The van der Waals surface area contributed by atoms with E-state index in [1.54, 1.807) is 13.3 Å². The summed E-state index contributed by atoms with van der Waals surface area (Å²) in [6.07, 6.45) is 1.98. The van der Waals surface area contributed by atoms with Crippen LogP contribution in [-0.2, 0) is 6.54 Å². The van der Waals surface area contributed by atoms with Crippen LogP contribution in [0.1, 0.15) is 39.0 Å². The number of methoxy groups -OCH3 is 1. The summed E-state index contributed by atoms with van der Waals surface area (Å²) in [7, 11) is 5.65. The number of hydrogen-bond acceptors (Lipinski definition) is 4. The fourth-order valence-corrected chi connectivity index (χ4v) is 1.85. The number of nitrogens with zero attached hydrogens (tertiary/aromatic N) is 3. The fraction of sp³-hybridized carbons (Fsp3) is 0.786. The Morgan fingerprint density at radius 3 is 2.58 bits per heavy atom. The SMILES string of the molecule is CCC(C)(C)C(O)c1c(OC)cnn1CCN(C)C. The summed E-state index contributed by atoms with van der Waals surface area (Å²) in [5.41, 5.74) is 0.569. The van der Waals surface area contributed by atoms with Crippen LogP contribution in [0.5, 0.6) is 5.75 Å². The second kappa shape index (κ2) is 6.39. The van der Waals surface area contributed by atoms with Crippen LogP contribution in [0, 0.1) is 5.41 Å². The summed E-state index contributed by atoms with van der Waals surface area (Å²) in [5.74, 6) is 0.660. The van der Waals surface area contributed by atoms with Crippen LogP contribution >= 0.6 is 0 Å². The third-order valence-corrected chi connectivity index (χ3v) is 3.73. The van der Waals surface area contributed by atoms with Gasteiger partial charge in [-0.3, -0.25) is 4.68 Å². The van der Waals surface area contributed by atoms with Gasteiger partial charge in [0.1, 0.15) is 11.8 Å². The monoisotopic (exact) mass is 269 g/mol. The largest absolute Gasteiger partial charge is 0.493 e. The van der Waals surface area contributed by atoms with Gasteiger partial charge in [-0.05, 0) is 25.9 Å². The Morgan fingerprint density at radius 1 is 1.47 bits per heavy atom. The Hall–Kier alpha value is -1.07. The molecule has 1 unspecified atom stereocenters. The van der Waals surface area contributed by atoms with Crippen molar-refractivity contribution in [3.8, 4) is 5.75 Å². The van der Waals surface area contributed by atoms with Crippen LogP contribution in [0.4, 0.5) is 0 Å². The summed E-state index contributed by atoms with van der Waals surface area (Å²) < 4.78 is 7.18. The van der Waals surface area contributed by atoms with Gasteiger partial charge in [-0.25, -0.2) is 0 Å². The van der Waals surface area contributed by atoms with Crippen molar-refractivity contribution in [3.05, 3.63) is 11.9 Å². The molecule has 0 saturated heterocycles. The van der Waals surface area contributed by atoms with Gasteiger partial charge in [-0.1, -0.05) is 20.8 Å². The van der Waals surface area contributed by atoms with Crippen molar-refractivity contribution in [1.29, 1.82) is 0 Å². The first-order valence-corrected chi connectivity index (χ1v) is 6.76. The Bertz CT molecular complexity index is 399. The van der Waals surface area contributed by atoms with Crippen LogP contribution in [0.2, 0.25) is 0 Å². The smallest absolute Gasteiger partial charge is 0.162 e. The number of rotatable bonds is 7. The molecule has 0 radical (unpaired) electrons. The minimum atomic E-state index is -0.586. The van der Waals surface area contributed by atoms with Crippen LogP contribution in [0.3, 0.4) is 0 Å². The lowest BCUT2D eigenvalue weighted by Crippen LogP contribution is -2.26. The number of likely N-dealkylation sites (N-methyl/N-ethyl adjacent to an activating group) is 1. The molecule has 1 rings (SSSR count). The highest BCUT2D eigenvalue weighted by Gasteiger charge is 2.32. The molecular weight excluding hydrogens is 242 g/mol. The number of aliphatic hydroxyl groups is 1. The average molecular weight is 269 g/mol. The van der Waals surface area contributed by atoms with Crippen LogP contribution in [0.25, 0.3) is 0 Å². The van der Waals surface area contributed by atoms with Crippen molar-refractivity contribution in [2.45, 2.75) is 39.8 Å². The predicted octanol–water partition coefficient (Wildman–Crippen LogP) is 1.92. The average Bonchev–Trinajstić information content (AvgIpc) is 2.77. The molecule has 1 aromatic rings. The molecule has 0 aliphatic heterocycles. The van der Waals surface area contributed by atoms with E-state index < -0.39 is 6.10 Å². The lowest BCUT2D eigenvalue weighted by Gasteiger charge is -2.30. The van der Waals surface area contributed by atoms with Crippen molar-refractivity contribution in [1.82, 2.24) is 14.7 Å². The Morgan fingerprint density at radius 2 is 2.11 bits per heavy atom. The zero-order chi connectivity index (χ0) is 14.6. The second-order valence-corrected chi connectivity index (χ2v) is 5.87. The van der Waals surface area contributed by atoms with Gasteiger partial charge in [0.2, 0.25) is 0 Å². The molecule has 5 heteroatoms. The van der Waals surface area contributed by atoms with Crippen molar-refractivity contribution in [2.75, 3.05) is 27.7 Å². The van der Waals surface area contributed by atoms with Crippen molar-refractivity contribution < 1.29 is 9.84 Å². The third-order valence-electron chi connectivity index (χ3n) is 3.73. The van der Waals surface area contributed by atoms with Crippen molar-refractivity contribution in [3.63, 3.8) is 0 Å². The number of aliphatic hydroxyl groups excluding tert-OH is 1. The van der Waals surface area contributed by atoms with Gasteiger partial charge in [0.15, 0.2) is 5.75 Å². The second-order valence-electron chi connectivity index (χ2n) is 5.87. The van der Waals surface area contributed by atoms with E-state index in [0.29, 0.717) is 5.75 Å². The van der Waals surface area contributed by atoms with Crippen LogP contribution < -0.4 is 4.74 Å². The first-order valence-electron chi connectivity index (χ1n) is 6.76. The van der Waals surface area contributed by atoms with Crippen molar-refractivity contribution in [2.24, 2.45) is 5.41 Å². The lowest BCUT2D eigenvalue weighted by atomic mass is 9.82. The predicted molar refractivity (Wildman–Crippen MR) is 76.4 cm³/mol. The molecule has 0 aromatic carbocycles. The number of aromatic nitrogens is 2. The first kappa shape index (κ1) is 16.0. The minimum absolute atomic E-state index is 0.205. The third kappa shape index (κ3) is 3.70. The van der Waals surface area contributed by atoms with E-state index in [-0.39, 0.29) is 5.41 Å². The molecule has 5 nitrogen and oxygen atoms in total. The molecule has 0 saturated carbocycles. The summed E-state index contributed by atoms with van der Waals surface area (Å²) in [6, 6.07) is 0. The van der Waals surface area contributed by atoms with E-state index in [4.69, 9.17) is 4.74 Å². The molecule has 0 aliphatic rings. The maximum atomic E-state index is 10.6. The van der Waals surface area contributed by atoms with E-state index in [0.717, 1.165) is 25.2 Å². The molecule has 0 fully saturated rings. The molecule has 1 atom stereocenters. The van der Waals surface area contributed by atoms with E-state index >= 15 is 0 Å². The molecular formula is C14H27N3O2. The molecule has 0 amide bonds. The molecule has 1 heterocycles. The van der Waals surface area contributed by atoms with Crippen LogP contribution in [-0.4, -0.2) is 47.5 Å². The van der Waals surface area contributed by atoms with E-state index in [2.05, 4.69) is 30.8 Å². The molecule has 110 valence electrons. The molecule has 0 aliphatic carbocycles. The van der Waals surface area contributed by atoms with Gasteiger partial charge < -0.3 is 14.7 Å². The maximum absolute atomic E-state index is 10.6. The normalized spacial score (nSPS) is 13.9. The highest BCUT2D eigenvalue weighted by Crippen LogP contribution is 2.39. The minimum Gasteiger partial charge on any atom is -0.493 e. The fourth-order valence-electron chi connectivity index (χ4n) is 1.85. The number of hydrogen-bond donors (Lipinski definition) is 1. The van der Waals surface area contributed by atoms with Gasteiger partial charge >= 0.3 is 0 Å². The summed E-state index contributed by atoms with van der Waals surface area (Å²) in [6.45, 7) is 7.80. The van der Waals surface area contributed by atoms with E-state index in [1.807, 2.05) is 18.8 Å². The van der Waals surface area contributed by atoms with Gasteiger partial charge in [0.25, 0.3) is 0 Å². The summed E-state index contributed by atoms with van der Waals surface area (Å²) >= 11 is 0. The van der Waals surface area contributed by atoms with Gasteiger partial charge in [-0.2, -0.15) is 5.10 Å². The summed E-state index contributed by atoms with van der Waals surface area (Å²) in [4.78, 5) is 2.09. The number of ether oxygens (including phenoxy) is 1. The van der Waals surface area contributed by atoms with Gasteiger partial charge in [0, 0.05) is 6.54 Å².